The SMILES string of the molecule is CC(c1ccc(Cl)cc1)N(C)S(=O)(=O)c1[nH]ncc1CN. The maximum atomic E-state index is 12.6. The molecule has 1 unspecified atom stereocenters. The Bertz CT molecular complexity index is 712. The van der Waals surface area contributed by atoms with Gasteiger partial charge in [0.15, 0.2) is 5.03 Å². The first-order valence-electron chi connectivity index (χ1n) is 6.33. The third-order valence-electron chi connectivity index (χ3n) is 3.43. The van der Waals surface area contributed by atoms with E-state index in [0.29, 0.717) is 10.6 Å². The van der Waals surface area contributed by atoms with Gasteiger partial charge in [-0.05, 0) is 24.6 Å². The molecule has 21 heavy (non-hydrogen) atoms. The molecule has 8 heteroatoms. The Balaban J connectivity index is 2.34. The Hall–Kier alpha value is -1.41. The fraction of sp³-hybridized carbons (Fsp3) is 0.308. The minimum atomic E-state index is -3.69. The Morgan fingerprint density at radius 3 is 2.57 bits per heavy atom. The highest BCUT2D eigenvalue weighted by molar-refractivity contribution is 7.89. The van der Waals surface area contributed by atoms with E-state index in [-0.39, 0.29) is 17.6 Å². The van der Waals surface area contributed by atoms with E-state index in [2.05, 4.69) is 10.2 Å². The smallest absolute Gasteiger partial charge is 0.260 e. The average molecular weight is 329 g/mol. The molecule has 1 atom stereocenters. The van der Waals surface area contributed by atoms with Crippen molar-refractivity contribution in [1.82, 2.24) is 14.5 Å². The van der Waals surface area contributed by atoms with Gasteiger partial charge in [0.1, 0.15) is 0 Å². The number of aromatic nitrogens is 2. The summed E-state index contributed by atoms with van der Waals surface area (Å²) in [5.41, 5.74) is 6.85. The molecule has 2 rings (SSSR count). The van der Waals surface area contributed by atoms with Crippen LogP contribution in [0.3, 0.4) is 0 Å². The summed E-state index contributed by atoms with van der Waals surface area (Å²) in [6, 6.07) is 6.72. The first-order valence-corrected chi connectivity index (χ1v) is 8.15. The van der Waals surface area contributed by atoms with Crippen LogP contribution < -0.4 is 5.73 Å². The van der Waals surface area contributed by atoms with Gasteiger partial charge in [-0.1, -0.05) is 23.7 Å². The molecule has 3 N–H and O–H groups in total. The minimum Gasteiger partial charge on any atom is -0.326 e. The molecule has 0 bridgehead atoms. The van der Waals surface area contributed by atoms with Crippen molar-refractivity contribution in [1.29, 1.82) is 0 Å². The van der Waals surface area contributed by atoms with Gasteiger partial charge in [0.05, 0.1) is 6.20 Å². The van der Waals surface area contributed by atoms with Crippen LogP contribution in [0.25, 0.3) is 0 Å². The second-order valence-corrected chi connectivity index (χ2v) is 7.05. The van der Waals surface area contributed by atoms with Crippen LogP contribution in [-0.2, 0) is 16.6 Å². The minimum absolute atomic E-state index is 0.0355. The van der Waals surface area contributed by atoms with Crippen LogP contribution in [0, 0.1) is 0 Å². The molecule has 6 nitrogen and oxygen atoms in total. The Labute approximate surface area is 129 Å². The average Bonchev–Trinajstić information content (AvgIpc) is 2.95. The van der Waals surface area contributed by atoms with Gasteiger partial charge in [-0.15, -0.1) is 0 Å². The first-order chi connectivity index (χ1) is 9.87. The second kappa shape index (κ2) is 6.15. The third-order valence-corrected chi connectivity index (χ3v) is 5.63. The zero-order chi connectivity index (χ0) is 15.6. The number of nitrogens with two attached hydrogens (primary N) is 1. The lowest BCUT2D eigenvalue weighted by molar-refractivity contribution is 0.396. The number of hydrogen-bond acceptors (Lipinski definition) is 4. The van der Waals surface area contributed by atoms with Gasteiger partial charge in [0, 0.05) is 30.2 Å². The zero-order valence-corrected chi connectivity index (χ0v) is 13.3. The number of hydrogen-bond donors (Lipinski definition) is 2. The highest BCUT2D eigenvalue weighted by atomic mass is 35.5. The number of halogens is 1. The van der Waals surface area contributed by atoms with Crippen molar-refractivity contribution in [3.8, 4) is 0 Å². The Kier molecular flexibility index (Phi) is 4.67. The van der Waals surface area contributed by atoms with Crippen molar-refractivity contribution in [2.75, 3.05) is 7.05 Å². The molecule has 0 aliphatic heterocycles. The number of H-pyrrole nitrogens is 1. The Morgan fingerprint density at radius 1 is 1.38 bits per heavy atom. The monoisotopic (exact) mass is 328 g/mol. The number of benzene rings is 1. The number of sulfonamides is 1. The molecule has 2 aromatic rings. The lowest BCUT2D eigenvalue weighted by Gasteiger charge is -2.24. The molecule has 0 saturated carbocycles. The van der Waals surface area contributed by atoms with Crippen molar-refractivity contribution in [2.45, 2.75) is 24.5 Å². The van der Waals surface area contributed by atoms with Crippen LogP contribution in [0.5, 0.6) is 0 Å². The lowest BCUT2D eigenvalue weighted by atomic mass is 10.1. The van der Waals surface area contributed by atoms with Gasteiger partial charge in [-0.2, -0.15) is 9.40 Å². The fourth-order valence-electron chi connectivity index (χ4n) is 1.97. The summed E-state index contributed by atoms with van der Waals surface area (Å²) in [5, 5.41) is 6.91. The van der Waals surface area contributed by atoms with E-state index in [1.807, 2.05) is 0 Å². The summed E-state index contributed by atoms with van der Waals surface area (Å²) in [7, 11) is -2.17. The molecule has 0 radical (unpaired) electrons. The van der Waals surface area contributed by atoms with E-state index in [4.69, 9.17) is 17.3 Å². The summed E-state index contributed by atoms with van der Waals surface area (Å²) in [5.74, 6) is 0. The van der Waals surface area contributed by atoms with Gasteiger partial charge in [0.2, 0.25) is 0 Å². The van der Waals surface area contributed by atoms with Crippen LogP contribution in [0.4, 0.5) is 0 Å². The molecule has 0 aliphatic carbocycles. The van der Waals surface area contributed by atoms with E-state index in [9.17, 15) is 8.42 Å². The number of nitrogens with zero attached hydrogens (tertiary/aromatic N) is 2. The molecule has 0 spiro atoms. The molecule has 1 aromatic heterocycles. The molecule has 1 aromatic carbocycles. The highest BCUT2D eigenvalue weighted by Gasteiger charge is 2.29. The second-order valence-electron chi connectivity index (χ2n) is 4.68. The van der Waals surface area contributed by atoms with Gasteiger partial charge in [0.25, 0.3) is 10.0 Å². The Morgan fingerprint density at radius 2 is 2.00 bits per heavy atom. The molecule has 0 fully saturated rings. The van der Waals surface area contributed by atoms with Crippen LogP contribution >= 0.6 is 11.6 Å². The lowest BCUT2D eigenvalue weighted by Crippen LogP contribution is -2.31. The maximum absolute atomic E-state index is 12.6. The summed E-state index contributed by atoms with van der Waals surface area (Å²) >= 11 is 5.85. The molecule has 0 saturated heterocycles. The molecule has 1 heterocycles. The van der Waals surface area contributed by atoms with E-state index in [1.54, 1.807) is 31.2 Å². The predicted octanol–water partition coefficient (Wildman–Crippen LogP) is 1.90. The molecule has 0 amide bonds. The number of rotatable bonds is 5. The summed E-state index contributed by atoms with van der Waals surface area (Å²) in [6.07, 6.45) is 1.42. The molecule has 0 aliphatic rings. The quantitative estimate of drug-likeness (QED) is 0.876. The number of aromatic amines is 1. The van der Waals surface area contributed by atoms with E-state index in [1.165, 1.54) is 17.5 Å². The number of nitrogens with one attached hydrogen (secondary N) is 1. The molecule has 114 valence electrons. The fourth-order valence-corrected chi connectivity index (χ4v) is 3.56. The van der Waals surface area contributed by atoms with Crippen LogP contribution in [-0.4, -0.2) is 30.0 Å². The van der Waals surface area contributed by atoms with Gasteiger partial charge in [-0.25, -0.2) is 8.42 Å². The van der Waals surface area contributed by atoms with Gasteiger partial charge in [-0.3, -0.25) is 5.10 Å². The van der Waals surface area contributed by atoms with Crippen molar-refractivity contribution in [3.63, 3.8) is 0 Å². The highest BCUT2D eigenvalue weighted by Crippen LogP contribution is 2.26. The molecular formula is C13H17ClN4O2S. The normalized spacial score (nSPS) is 13.6. The van der Waals surface area contributed by atoms with Gasteiger partial charge < -0.3 is 5.73 Å². The van der Waals surface area contributed by atoms with Crippen molar-refractivity contribution >= 4 is 21.6 Å². The zero-order valence-electron chi connectivity index (χ0n) is 11.7. The third kappa shape index (κ3) is 3.11. The van der Waals surface area contributed by atoms with Crippen LogP contribution in [0.2, 0.25) is 5.02 Å². The van der Waals surface area contributed by atoms with Crippen LogP contribution in [0.15, 0.2) is 35.5 Å². The summed E-state index contributed by atoms with van der Waals surface area (Å²) < 4.78 is 26.5. The summed E-state index contributed by atoms with van der Waals surface area (Å²) in [4.78, 5) is 0. The molecular weight excluding hydrogens is 312 g/mol. The van der Waals surface area contributed by atoms with Crippen LogP contribution in [0.1, 0.15) is 24.1 Å². The first kappa shape index (κ1) is 16.0. The van der Waals surface area contributed by atoms with Gasteiger partial charge >= 0.3 is 0 Å². The largest absolute Gasteiger partial charge is 0.326 e. The van der Waals surface area contributed by atoms with Crippen molar-refractivity contribution < 1.29 is 8.42 Å². The van der Waals surface area contributed by atoms with E-state index < -0.39 is 10.0 Å². The van der Waals surface area contributed by atoms with Crippen molar-refractivity contribution in [2.24, 2.45) is 5.73 Å². The van der Waals surface area contributed by atoms with E-state index >= 15 is 0 Å². The van der Waals surface area contributed by atoms with Crippen molar-refractivity contribution in [3.05, 3.63) is 46.6 Å². The standard InChI is InChI=1S/C13H17ClN4O2S/c1-9(10-3-5-12(14)6-4-10)18(2)21(19,20)13-11(7-15)8-16-17-13/h3-6,8-9H,7,15H2,1-2H3,(H,16,17). The topological polar surface area (TPSA) is 92.1 Å². The summed E-state index contributed by atoms with van der Waals surface area (Å²) in [6.45, 7) is 1.91. The predicted molar refractivity (Wildman–Crippen MR) is 81.3 cm³/mol. The van der Waals surface area contributed by atoms with E-state index in [0.717, 1.165) is 5.56 Å². The maximum Gasteiger partial charge on any atom is 0.260 e.